The fourth-order valence-electron chi connectivity index (χ4n) is 2.83. The van der Waals surface area contributed by atoms with Crippen LogP contribution >= 0.6 is 0 Å². The van der Waals surface area contributed by atoms with E-state index in [2.05, 4.69) is 5.32 Å². The molecule has 136 valence electrons. The van der Waals surface area contributed by atoms with Gasteiger partial charge in [0.2, 0.25) is 18.6 Å². The molecule has 2 amide bonds. The van der Waals surface area contributed by atoms with Crippen molar-refractivity contribution in [2.45, 2.75) is 26.8 Å². The first kappa shape index (κ1) is 17.8. The predicted octanol–water partition coefficient (Wildman–Crippen LogP) is 2.78. The number of hydrogen-bond acceptors (Lipinski definition) is 4. The molecule has 2 aromatic rings. The fourth-order valence-corrected chi connectivity index (χ4v) is 2.83. The van der Waals surface area contributed by atoms with Gasteiger partial charge in [-0.3, -0.25) is 9.59 Å². The number of benzene rings is 2. The molecule has 0 saturated carbocycles. The highest BCUT2D eigenvalue weighted by Gasteiger charge is 2.18. The Labute approximate surface area is 152 Å². The number of nitrogens with zero attached hydrogens (tertiary/aromatic N) is 1. The first-order valence-corrected chi connectivity index (χ1v) is 8.53. The number of nitrogens with one attached hydrogen (secondary N) is 1. The number of rotatable bonds is 6. The fraction of sp³-hybridized carbons (Fsp3) is 0.300. The van der Waals surface area contributed by atoms with Crippen LogP contribution in [0.1, 0.15) is 24.5 Å². The molecule has 2 aromatic carbocycles. The van der Waals surface area contributed by atoms with Crippen molar-refractivity contribution in [2.75, 3.05) is 18.2 Å². The van der Waals surface area contributed by atoms with Crippen LogP contribution in [0.3, 0.4) is 0 Å². The van der Waals surface area contributed by atoms with Gasteiger partial charge in [0.15, 0.2) is 11.5 Å². The van der Waals surface area contributed by atoms with Crippen molar-refractivity contribution >= 4 is 17.5 Å². The number of aryl methyl sites for hydroxylation is 1. The van der Waals surface area contributed by atoms with Gasteiger partial charge in [-0.05, 0) is 30.2 Å². The second-order valence-electron chi connectivity index (χ2n) is 6.16. The van der Waals surface area contributed by atoms with E-state index in [0.29, 0.717) is 30.3 Å². The van der Waals surface area contributed by atoms with E-state index in [4.69, 9.17) is 9.47 Å². The van der Waals surface area contributed by atoms with E-state index in [1.807, 2.05) is 31.2 Å². The van der Waals surface area contributed by atoms with Crippen molar-refractivity contribution in [1.82, 2.24) is 5.32 Å². The lowest BCUT2D eigenvalue weighted by Crippen LogP contribution is -2.33. The molecular formula is C20H22N2O4. The van der Waals surface area contributed by atoms with Gasteiger partial charge in [-0.15, -0.1) is 0 Å². The highest BCUT2D eigenvalue weighted by atomic mass is 16.7. The number of ether oxygens (including phenoxy) is 2. The van der Waals surface area contributed by atoms with Crippen LogP contribution in [0.4, 0.5) is 5.69 Å². The number of fused-ring (bicyclic) bond motifs is 1. The van der Waals surface area contributed by atoms with Crippen LogP contribution in [0.25, 0.3) is 0 Å². The summed E-state index contributed by atoms with van der Waals surface area (Å²) in [6, 6.07) is 13.2. The second-order valence-corrected chi connectivity index (χ2v) is 6.16. The van der Waals surface area contributed by atoms with Crippen LogP contribution in [-0.2, 0) is 16.1 Å². The summed E-state index contributed by atoms with van der Waals surface area (Å²) in [6.45, 7) is 4.46. The minimum Gasteiger partial charge on any atom is -0.454 e. The largest absolute Gasteiger partial charge is 0.454 e. The topological polar surface area (TPSA) is 67.9 Å². The van der Waals surface area contributed by atoms with Gasteiger partial charge in [0.1, 0.15) is 0 Å². The third-order valence-corrected chi connectivity index (χ3v) is 4.35. The molecule has 1 aliphatic heterocycles. The van der Waals surface area contributed by atoms with Crippen LogP contribution in [0.5, 0.6) is 11.5 Å². The quantitative estimate of drug-likeness (QED) is 0.866. The number of hydrogen-bond donors (Lipinski definition) is 1. The average Bonchev–Trinajstić information content (AvgIpc) is 3.09. The zero-order valence-corrected chi connectivity index (χ0v) is 15.0. The highest BCUT2D eigenvalue weighted by molar-refractivity contribution is 5.92. The van der Waals surface area contributed by atoms with Crippen molar-refractivity contribution in [2.24, 2.45) is 0 Å². The van der Waals surface area contributed by atoms with Crippen LogP contribution in [0, 0.1) is 6.92 Å². The first-order chi connectivity index (χ1) is 12.5. The molecule has 1 heterocycles. The van der Waals surface area contributed by atoms with E-state index in [-0.39, 0.29) is 25.0 Å². The van der Waals surface area contributed by atoms with E-state index in [9.17, 15) is 9.59 Å². The Bertz CT molecular complexity index is 819. The molecule has 0 unspecified atom stereocenters. The van der Waals surface area contributed by atoms with Gasteiger partial charge in [0.05, 0.1) is 0 Å². The number of amides is 2. The normalized spacial score (nSPS) is 11.9. The number of anilines is 1. The van der Waals surface area contributed by atoms with Gasteiger partial charge in [0.25, 0.3) is 0 Å². The molecule has 0 atom stereocenters. The summed E-state index contributed by atoms with van der Waals surface area (Å²) in [5.41, 5.74) is 2.91. The lowest BCUT2D eigenvalue weighted by molar-refractivity contribution is -0.121. The molecule has 1 aliphatic rings. The minimum absolute atomic E-state index is 0.0970. The van der Waals surface area contributed by atoms with E-state index < -0.39 is 0 Å². The van der Waals surface area contributed by atoms with Crippen molar-refractivity contribution < 1.29 is 19.1 Å². The number of carbonyl (C=O) groups excluding carboxylic acids is 2. The highest BCUT2D eigenvalue weighted by Crippen LogP contribution is 2.35. The maximum absolute atomic E-state index is 12.2. The first-order valence-electron chi connectivity index (χ1n) is 8.53. The van der Waals surface area contributed by atoms with Crippen LogP contribution in [-0.4, -0.2) is 25.2 Å². The lowest BCUT2D eigenvalue weighted by atomic mass is 10.1. The van der Waals surface area contributed by atoms with Crippen molar-refractivity contribution in [3.63, 3.8) is 0 Å². The summed E-state index contributed by atoms with van der Waals surface area (Å²) in [5, 5.41) is 2.91. The second kappa shape index (κ2) is 7.91. The monoisotopic (exact) mass is 354 g/mol. The zero-order valence-electron chi connectivity index (χ0n) is 15.0. The maximum Gasteiger partial charge on any atom is 0.231 e. The standard InChI is InChI=1S/C20H22N2O4/c1-14-5-3-4-6-16(14)12-21-20(24)9-10-22(15(2)23)17-7-8-18-19(11-17)26-13-25-18/h3-8,11H,9-10,12-13H2,1-2H3,(H,21,24). The summed E-state index contributed by atoms with van der Waals surface area (Å²) in [5.74, 6) is 1.04. The maximum atomic E-state index is 12.2. The molecule has 0 bridgehead atoms. The Hall–Kier alpha value is -3.02. The molecule has 0 radical (unpaired) electrons. The minimum atomic E-state index is -0.129. The molecule has 26 heavy (non-hydrogen) atoms. The molecule has 0 aromatic heterocycles. The lowest BCUT2D eigenvalue weighted by Gasteiger charge is -2.21. The van der Waals surface area contributed by atoms with Gasteiger partial charge in [-0.25, -0.2) is 0 Å². The third-order valence-electron chi connectivity index (χ3n) is 4.35. The molecule has 0 fully saturated rings. The number of carbonyl (C=O) groups is 2. The smallest absolute Gasteiger partial charge is 0.231 e. The SMILES string of the molecule is CC(=O)N(CCC(=O)NCc1ccccc1C)c1ccc2c(c1)OCO2. The van der Waals surface area contributed by atoms with Crippen molar-refractivity contribution in [3.8, 4) is 11.5 Å². The van der Waals surface area contributed by atoms with Crippen LogP contribution in [0.2, 0.25) is 0 Å². The van der Waals surface area contributed by atoms with Crippen molar-refractivity contribution in [3.05, 3.63) is 53.6 Å². The van der Waals surface area contributed by atoms with Crippen LogP contribution < -0.4 is 19.7 Å². The Kier molecular flexibility index (Phi) is 5.41. The summed E-state index contributed by atoms with van der Waals surface area (Å²) >= 11 is 0. The van der Waals surface area contributed by atoms with E-state index in [1.165, 1.54) is 6.92 Å². The summed E-state index contributed by atoms with van der Waals surface area (Å²) in [7, 11) is 0. The van der Waals surface area contributed by atoms with E-state index in [1.54, 1.807) is 23.1 Å². The molecule has 0 aliphatic carbocycles. The van der Waals surface area contributed by atoms with Crippen LogP contribution in [0.15, 0.2) is 42.5 Å². The van der Waals surface area contributed by atoms with Gasteiger partial charge in [-0.1, -0.05) is 24.3 Å². The summed E-state index contributed by atoms with van der Waals surface area (Å²) < 4.78 is 10.6. The van der Waals surface area contributed by atoms with E-state index in [0.717, 1.165) is 11.1 Å². The zero-order chi connectivity index (χ0) is 18.5. The van der Waals surface area contributed by atoms with Gasteiger partial charge < -0.3 is 19.7 Å². The molecule has 0 spiro atoms. The average molecular weight is 354 g/mol. The molecule has 3 rings (SSSR count). The van der Waals surface area contributed by atoms with Gasteiger partial charge in [0, 0.05) is 38.2 Å². The Morgan fingerprint density at radius 1 is 1.12 bits per heavy atom. The molecule has 6 nitrogen and oxygen atoms in total. The molecule has 1 N–H and O–H groups in total. The Morgan fingerprint density at radius 3 is 2.65 bits per heavy atom. The summed E-state index contributed by atoms with van der Waals surface area (Å²) in [4.78, 5) is 25.7. The summed E-state index contributed by atoms with van der Waals surface area (Å²) in [6.07, 6.45) is 0.222. The Morgan fingerprint density at radius 2 is 1.88 bits per heavy atom. The van der Waals surface area contributed by atoms with Gasteiger partial charge >= 0.3 is 0 Å². The van der Waals surface area contributed by atoms with E-state index >= 15 is 0 Å². The van der Waals surface area contributed by atoms with Gasteiger partial charge in [-0.2, -0.15) is 0 Å². The van der Waals surface area contributed by atoms with Crippen molar-refractivity contribution in [1.29, 1.82) is 0 Å². The molecule has 0 saturated heterocycles. The predicted molar refractivity (Wildman–Crippen MR) is 98.2 cm³/mol. The molecular weight excluding hydrogens is 332 g/mol. The Balaban J connectivity index is 1.58. The third kappa shape index (κ3) is 4.14. The molecule has 6 heteroatoms.